The van der Waals surface area contributed by atoms with Gasteiger partial charge >= 0.3 is 5.97 Å². The van der Waals surface area contributed by atoms with E-state index in [9.17, 15) is 23.1 Å². The highest BCUT2D eigenvalue weighted by atomic mass is 32.2. The zero-order chi connectivity index (χ0) is 15.5. The molecule has 1 rings (SSSR count). The van der Waals surface area contributed by atoms with Crippen LogP contribution in [0.2, 0.25) is 0 Å². The number of β-amino-alcohol motifs (C(OH)–C–C–N with tert-alkyl or cyclic N) is 1. The number of carboxylic acid groups (broad SMARTS) is 1. The molecule has 1 fully saturated rings. The molecular formula is C11H20N2O6S. The van der Waals surface area contributed by atoms with Crippen molar-refractivity contribution in [2.75, 3.05) is 12.3 Å². The van der Waals surface area contributed by atoms with Gasteiger partial charge in [-0.1, -0.05) is 6.92 Å². The largest absolute Gasteiger partial charge is 0.480 e. The molecule has 0 aliphatic carbocycles. The van der Waals surface area contributed by atoms with Crippen LogP contribution in [0.5, 0.6) is 0 Å². The number of hydrogen-bond acceptors (Lipinski definition) is 5. The van der Waals surface area contributed by atoms with Gasteiger partial charge in [0, 0.05) is 13.0 Å². The Labute approximate surface area is 117 Å². The summed E-state index contributed by atoms with van der Waals surface area (Å²) in [6, 6.07) is -2.17. The standard InChI is InChI=1S/C11H20N2O6S/c1-3-4-20(18,19)12-7(2)10(15)13-6-8(14)5-9(13)11(16)17/h7-9,12,14H,3-6H2,1-2H3,(H,16,17)/t7?,8-,9-/m0/s1. The predicted molar refractivity (Wildman–Crippen MR) is 70.4 cm³/mol. The number of carbonyl (C=O) groups excluding carboxylic acids is 1. The second-order valence-corrected chi connectivity index (χ2v) is 6.77. The van der Waals surface area contributed by atoms with Crippen LogP contribution in [0.15, 0.2) is 0 Å². The van der Waals surface area contributed by atoms with Gasteiger partial charge in [-0.25, -0.2) is 17.9 Å². The average Bonchev–Trinajstić information content (AvgIpc) is 2.69. The molecule has 1 aliphatic heterocycles. The lowest BCUT2D eigenvalue weighted by Crippen LogP contribution is -2.50. The Morgan fingerprint density at radius 1 is 1.45 bits per heavy atom. The fraction of sp³-hybridized carbons (Fsp3) is 0.818. The quantitative estimate of drug-likeness (QED) is 0.563. The Morgan fingerprint density at radius 3 is 2.55 bits per heavy atom. The molecule has 116 valence electrons. The van der Waals surface area contributed by atoms with Crippen LogP contribution in [0.25, 0.3) is 0 Å². The fourth-order valence-electron chi connectivity index (χ4n) is 2.19. The van der Waals surface area contributed by atoms with Crippen molar-refractivity contribution in [1.29, 1.82) is 0 Å². The summed E-state index contributed by atoms with van der Waals surface area (Å²) in [5.74, 6) is -1.96. The third kappa shape index (κ3) is 4.15. The van der Waals surface area contributed by atoms with Gasteiger partial charge in [0.25, 0.3) is 0 Å². The summed E-state index contributed by atoms with van der Waals surface area (Å²) in [4.78, 5) is 24.1. The minimum absolute atomic E-state index is 0.0461. The van der Waals surface area contributed by atoms with Crippen LogP contribution in [-0.2, 0) is 19.6 Å². The molecule has 20 heavy (non-hydrogen) atoms. The van der Waals surface area contributed by atoms with E-state index in [2.05, 4.69) is 4.72 Å². The van der Waals surface area contributed by atoms with E-state index >= 15 is 0 Å². The molecular weight excluding hydrogens is 288 g/mol. The number of hydrogen-bond donors (Lipinski definition) is 3. The van der Waals surface area contributed by atoms with E-state index < -0.39 is 40.1 Å². The van der Waals surface area contributed by atoms with Gasteiger partial charge in [-0.15, -0.1) is 0 Å². The Balaban J connectivity index is 2.76. The first-order valence-electron chi connectivity index (χ1n) is 6.39. The fourth-order valence-corrected chi connectivity index (χ4v) is 3.48. The summed E-state index contributed by atoms with van der Waals surface area (Å²) in [6.45, 7) is 2.96. The lowest BCUT2D eigenvalue weighted by atomic mass is 10.2. The van der Waals surface area contributed by atoms with Crippen molar-refractivity contribution in [1.82, 2.24) is 9.62 Å². The van der Waals surface area contributed by atoms with Crippen LogP contribution in [0.1, 0.15) is 26.7 Å². The number of amides is 1. The first kappa shape index (κ1) is 16.9. The number of sulfonamides is 1. The van der Waals surface area contributed by atoms with Crippen molar-refractivity contribution in [2.45, 2.75) is 44.9 Å². The lowest BCUT2D eigenvalue weighted by molar-refractivity contribution is -0.148. The molecule has 9 heteroatoms. The number of likely N-dealkylation sites (tertiary alicyclic amines) is 1. The number of nitrogens with one attached hydrogen (secondary N) is 1. The van der Waals surface area contributed by atoms with Gasteiger partial charge in [0.2, 0.25) is 15.9 Å². The summed E-state index contributed by atoms with van der Waals surface area (Å²) in [7, 11) is -3.56. The summed E-state index contributed by atoms with van der Waals surface area (Å²) in [5.41, 5.74) is 0. The Bertz CT molecular complexity index is 477. The number of aliphatic hydroxyl groups is 1. The van der Waals surface area contributed by atoms with Crippen LogP contribution in [0, 0.1) is 0 Å². The first-order chi connectivity index (χ1) is 9.18. The van der Waals surface area contributed by atoms with E-state index in [0.29, 0.717) is 6.42 Å². The van der Waals surface area contributed by atoms with Crippen LogP contribution >= 0.6 is 0 Å². The van der Waals surface area contributed by atoms with Crippen LogP contribution in [0.4, 0.5) is 0 Å². The minimum Gasteiger partial charge on any atom is -0.480 e. The van der Waals surface area contributed by atoms with Gasteiger partial charge in [0.05, 0.1) is 17.9 Å². The van der Waals surface area contributed by atoms with E-state index in [4.69, 9.17) is 5.11 Å². The molecule has 0 radical (unpaired) electrons. The molecule has 0 saturated carbocycles. The van der Waals surface area contributed by atoms with Crippen molar-refractivity contribution in [2.24, 2.45) is 0 Å². The zero-order valence-electron chi connectivity index (χ0n) is 11.4. The summed E-state index contributed by atoms with van der Waals surface area (Å²) >= 11 is 0. The van der Waals surface area contributed by atoms with E-state index in [-0.39, 0.29) is 18.7 Å². The van der Waals surface area contributed by atoms with Crippen LogP contribution < -0.4 is 4.72 Å². The average molecular weight is 308 g/mol. The molecule has 3 N–H and O–H groups in total. The number of aliphatic carboxylic acids is 1. The number of carbonyl (C=O) groups is 2. The zero-order valence-corrected chi connectivity index (χ0v) is 12.3. The van der Waals surface area contributed by atoms with Crippen molar-refractivity contribution >= 4 is 21.9 Å². The van der Waals surface area contributed by atoms with Gasteiger partial charge in [0.1, 0.15) is 6.04 Å². The van der Waals surface area contributed by atoms with E-state index in [0.717, 1.165) is 4.90 Å². The Kier molecular flexibility index (Phi) is 5.49. The third-order valence-corrected chi connectivity index (χ3v) is 4.71. The monoisotopic (exact) mass is 308 g/mol. The van der Waals surface area contributed by atoms with E-state index in [1.54, 1.807) is 6.92 Å². The molecule has 1 heterocycles. The molecule has 1 unspecified atom stereocenters. The van der Waals surface area contributed by atoms with Crippen molar-refractivity contribution in [3.05, 3.63) is 0 Å². The van der Waals surface area contributed by atoms with Crippen molar-refractivity contribution in [3.8, 4) is 0 Å². The maximum Gasteiger partial charge on any atom is 0.326 e. The highest BCUT2D eigenvalue weighted by Gasteiger charge is 2.40. The molecule has 0 aromatic rings. The molecule has 1 saturated heterocycles. The van der Waals surface area contributed by atoms with Crippen molar-refractivity contribution in [3.63, 3.8) is 0 Å². The summed E-state index contributed by atoms with van der Waals surface area (Å²) in [5, 5.41) is 18.5. The van der Waals surface area contributed by atoms with Crippen LogP contribution in [0.3, 0.4) is 0 Å². The van der Waals surface area contributed by atoms with Gasteiger partial charge < -0.3 is 15.1 Å². The Morgan fingerprint density at radius 2 is 2.05 bits per heavy atom. The summed E-state index contributed by atoms with van der Waals surface area (Å²) in [6.07, 6.45) is -0.536. The van der Waals surface area contributed by atoms with E-state index in [1.165, 1.54) is 6.92 Å². The minimum atomic E-state index is -3.56. The molecule has 0 aromatic heterocycles. The molecule has 0 spiro atoms. The maximum atomic E-state index is 12.1. The first-order valence-corrected chi connectivity index (χ1v) is 8.04. The molecule has 8 nitrogen and oxygen atoms in total. The lowest BCUT2D eigenvalue weighted by Gasteiger charge is -2.25. The van der Waals surface area contributed by atoms with E-state index in [1.807, 2.05) is 0 Å². The number of carboxylic acids is 1. The number of aliphatic hydroxyl groups excluding tert-OH is 1. The van der Waals surface area contributed by atoms with Gasteiger partial charge in [-0.3, -0.25) is 4.79 Å². The SMILES string of the molecule is CCCS(=O)(=O)NC(C)C(=O)N1C[C@@H](O)C[C@H]1C(=O)O. The number of rotatable bonds is 6. The highest BCUT2D eigenvalue weighted by Crippen LogP contribution is 2.19. The number of nitrogens with zero attached hydrogens (tertiary/aromatic N) is 1. The third-order valence-electron chi connectivity index (χ3n) is 3.05. The van der Waals surface area contributed by atoms with Gasteiger partial charge in [-0.2, -0.15) is 0 Å². The normalized spacial score (nSPS) is 24.6. The molecule has 1 amide bonds. The molecule has 3 atom stereocenters. The van der Waals surface area contributed by atoms with Gasteiger partial charge in [0.15, 0.2) is 0 Å². The highest BCUT2D eigenvalue weighted by molar-refractivity contribution is 7.89. The predicted octanol–water partition coefficient (Wildman–Crippen LogP) is -1.25. The second kappa shape index (κ2) is 6.51. The van der Waals surface area contributed by atoms with Crippen LogP contribution in [-0.4, -0.2) is 65.9 Å². The molecule has 0 bridgehead atoms. The maximum absolute atomic E-state index is 12.1. The molecule has 1 aliphatic rings. The topological polar surface area (TPSA) is 124 Å². The van der Waals surface area contributed by atoms with Crippen molar-refractivity contribution < 1.29 is 28.2 Å². The smallest absolute Gasteiger partial charge is 0.326 e. The molecule has 0 aromatic carbocycles. The Hall–Kier alpha value is -1.19. The second-order valence-electron chi connectivity index (χ2n) is 4.89. The summed E-state index contributed by atoms with van der Waals surface area (Å²) < 4.78 is 25.4. The van der Waals surface area contributed by atoms with Gasteiger partial charge in [-0.05, 0) is 13.3 Å².